The summed E-state index contributed by atoms with van der Waals surface area (Å²) in [4.78, 5) is 0. The van der Waals surface area contributed by atoms with Gasteiger partial charge in [-0.1, -0.05) is 132 Å². The molecule has 0 aliphatic heterocycles. The molecule has 0 amide bonds. The van der Waals surface area contributed by atoms with Crippen molar-refractivity contribution in [1.29, 1.82) is 0 Å². The van der Waals surface area contributed by atoms with E-state index in [1.807, 2.05) is 0 Å². The van der Waals surface area contributed by atoms with E-state index in [9.17, 15) is 0 Å². The second-order valence-corrected chi connectivity index (χ2v) is 16.5. The third kappa shape index (κ3) is 9.64. The van der Waals surface area contributed by atoms with Gasteiger partial charge in [0.1, 0.15) is 0 Å². The van der Waals surface area contributed by atoms with Crippen LogP contribution in [0.2, 0.25) is 13.1 Å². The van der Waals surface area contributed by atoms with Crippen LogP contribution in [0, 0.1) is 13.8 Å². The van der Waals surface area contributed by atoms with Crippen LogP contribution in [0.4, 0.5) is 0 Å². The molecule has 226 valence electrons. The molecule has 0 atom stereocenters. The zero-order valence-corrected chi connectivity index (χ0v) is 32.3. The summed E-state index contributed by atoms with van der Waals surface area (Å²) in [6.07, 6.45) is 0. The van der Waals surface area contributed by atoms with Gasteiger partial charge in [0.15, 0.2) is 0 Å². The average Bonchev–Trinajstić information content (AvgIpc) is 3.63. The average molecular weight is 715 g/mol. The van der Waals surface area contributed by atoms with E-state index < -0.39 is 20.8 Å². The zero-order chi connectivity index (χ0) is 32.2. The van der Waals surface area contributed by atoms with E-state index in [-0.39, 0.29) is 0 Å². The Bertz CT molecular complexity index is 1710. The van der Waals surface area contributed by atoms with Crippen molar-refractivity contribution >= 4 is 48.1 Å². The molecule has 0 nitrogen and oxygen atoms in total. The zero-order valence-electron chi connectivity index (χ0n) is 27.3. The molecule has 6 rings (SSSR count). The quantitative estimate of drug-likeness (QED) is 0.126. The molecule has 0 heterocycles. The summed E-state index contributed by atoms with van der Waals surface area (Å²) in [7, 11) is 11.0. The van der Waals surface area contributed by atoms with Crippen molar-refractivity contribution in [1.82, 2.24) is 0 Å². The van der Waals surface area contributed by atoms with Crippen LogP contribution in [0.1, 0.15) is 61.8 Å². The summed E-state index contributed by atoms with van der Waals surface area (Å²) >= 11 is -0.826. The Hall–Kier alpha value is -2.22. The van der Waals surface area contributed by atoms with Crippen LogP contribution in [0.25, 0.3) is 43.8 Å². The molecule has 0 unspecified atom stereocenters. The number of benzene rings is 4. The second kappa shape index (κ2) is 18.1. The predicted octanol–water partition coefficient (Wildman–Crippen LogP) is 13.5. The fraction of sp³-hybridized carbons (Fsp3) is 0.250. The number of aryl methyl sites for hydroxylation is 2. The summed E-state index contributed by atoms with van der Waals surface area (Å²) in [6.45, 7) is 17.6. The minimum absolute atomic E-state index is 0.577. The topological polar surface area (TPSA) is 0 Å². The van der Waals surface area contributed by atoms with Gasteiger partial charge in [0.2, 0.25) is 0 Å². The van der Waals surface area contributed by atoms with E-state index in [0.717, 1.165) is 9.52 Å². The Morgan fingerprint density at radius 3 is 1.82 bits per heavy atom. The van der Waals surface area contributed by atoms with Gasteiger partial charge in [-0.25, -0.2) is 0 Å². The molecule has 2 radical (unpaired) electrons. The summed E-state index contributed by atoms with van der Waals surface area (Å²) in [5, 5.41) is 5.47. The molecule has 0 aliphatic rings. The van der Waals surface area contributed by atoms with Crippen molar-refractivity contribution in [2.75, 3.05) is 0 Å². The van der Waals surface area contributed by atoms with Crippen molar-refractivity contribution in [3.05, 3.63) is 131 Å². The SMILES string of the molecule is CC(C)c1ccc(-c2cccc3[cH-]c(C(C)C)cc23)cc1.C[Si]C.Cc1cc2c(-c3ccccc3)ccc(C)c2[cH-]1.[Cl][Zr+2][Cl]. The maximum absolute atomic E-state index is 4.93. The summed E-state index contributed by atoms with van der Waals surface area (Å²) in [5.74, 6) is 1.16. The fourth-order valence-corrected chi connectivity index (χ4v) is 5.35. The Labute approximate surface area is 287 Å². The van der Waals surface area contributed by atoms with E-state index in [1.165, 1.54) is 66.1 Å². The molecule has 4 heteroatoms. The molecule has 0 N–H and O–H groups in total. The van der Waals surface area contributed by atoms with Crippen molar-refractivity contribution in [2.24, 2.45) is 0 Å². The van der Waals surface area contributed by atoms with E-state index >= 15 is 0 Å². The van der Waals surface area contributed by atoms with Crippen LogP contribution < -0.4 is 0 Å². The predicted molar refractivity (Wildman–Crippen MR) is 197 cm³/mol. The van der Waals surface area contributed by atoms with Crippen molar-refractivity contribution in [2.45, 2.75) is 66.5 Å². The van der Waals surface area contributed by atoms with Crippen molar-refractivity contribution in [3.63, 3.8) is 0 Å². The fourth-order valence-electron chi connectivity index (χ4n) is 5.35. The molecule has 0 aliphatic carbocycles. The maximum atomic E-state index is 4.93. The van der Waals surface area contributed by atoms with Gasteiger partial charge < -0.3 is 0 Å². The van der Waals surface area contributed by atoms with Gasteiger partial charge in [0.25, 0.3) is 0 Å². The van der Waals surface area contributed by atoms with Crippen LogP contribution in [-0.2, 0) is 20.8 Å². The van der Waals surface area contributed by atoms with Crippen LogP contribution >= 0.6 is 17.0 Å². The normalized spacial score (nSPS) is 10.5. The molecule has 0 fully saturated rings. The van der Waals surface area contributed by atoms with Gasteiger partial charge in [0.05, 0.1) is 0 Å². The number of rotatable bonds is 4. The van der Waals surface area contributed by atoms with Gasteiger partial charge in [-0.3, -0.25) is 0 Å². The summed E-state index contributed by atoms with van der Waals surface area (Å²) in [5.41, 5.74) is 10.8. The Kier molecular flexibility index (Phi) is 14.9. The molecule has 0 saturated heterocycles. The van der Waals surface area contributed by atoms with Gasteiger partial charge >= 0.3 is 37.9 Å². The van der Waals surface area contributed by atoms with Crippen LogP contribution in [0.5, 0.6) is 0 Å². The van der Waals surface area contributed by atoms with Gasteiger partial charge in [-0.2, -0.15) is 12.1 Å². The number of hydrogen-bond acceptors (Lipinski definition) is 0. The van der Waals surface area contributed by atoms with Gasteiger partial charge in [0, 0.05) is 9.52 Å². The van der Waals surface area contributed by atoms with E-state index in [0.29, 0.717) is 11.8 Å². The van der Waals surface area contributed by atoms with Gasteiger partial charge in [-0.05, 0) is 28.5 Å². The van der Waals surface area contributed by atoms with E-state index in [2.05, 4.69) is 164 Å². The first kappa shape index (κ1) is 36.3. The second-order valence-electron chi connectivity index (χ2n) is 11.8. The molecular formula is C40H44Cl2SiZr. The van der Waals surface area contributed by atoms with Crippen molar-refractivity contribution < 1.29 is 20.8 Å². The molecule has 44 heavy (non-hydrogen) atoms. The first-order chi connectivity index (χ1) is 21.1. The van der Waals surface area contributed by atoms with Crippen LogP contribution in [0.15, 0.2) is 109 Å². The Morgan fingerprint density at radius 2 is 1.23 bits per heavy atom. The Morgan fingerprint density at radius 1 is 0.636 bits per heavy atom. The third-order valence-corrected chi connectivity index (χ3v) is 7.66. The van der Waals surface area contributed by atoms with Crippen LogP contribution in [0.3, 0.4) is 0 Å². The van der Waals surface area contributed by atoms with E-state index in [4.69, 9.17) is 17.0 Å². The molecule has 6 aromatic rings. The van der Waals surface area contributed by atoms with Gasteiger partial charge in [-0.15, -0.1) is 68.6 Å². The minimum atomic E-state index is -0.826. The number of hydrogen-bond donors (Lipinski definition) is 0. The molecule has 0 aromatic heterocycles. The summed E-state index contributed by atoms with van der Waals surface area (Å²) in [6, 6.07) is 39.9. The third-order valence-electron chi connectivity index (χ3n) is 7.66. The summed E-state index contributed by atoms with van der Waals surface area (Å²) < 4.78 is 0. The first-order valence-electron chi connectivity index (χ1n) is 15.2. The monoisotopic (exact) mass is 712 g/mol. The van der Waals surface area contributed by atoms with Crippen LogP contribution in [-0.4, -0.2) is 9.52 Å². The molecular weight excluding hydrogens is 671 g/mol. The molecule has 0 saturated carbocycles. The molecule has 6 aromatic carbocycles. The number of halogens is 2. The standard InChI is InChI=1S/C21H23.C17H15.C2H6Si.2ClH.Zr/c1-14(2)16-8-10-17(11-9-16)20-7-5-6-18-12-19(15(3)4)13-21(18)20;1-12-10-16-13(2)8-9-15(17(16)11-12)14-6-4-3-5-7-14;1-3-2;;;/h5-15H,1-4H3;3-11H,1-2H3;1-2H3;2*1H;/q2*-1;;;;+4/p-2. The Balaban J connectivity index is 0.000000207. The van der Waals surface area contributed by atoms with E-state index in [1.54, 1.807) is 0 Å². The molecule has 0 spiro atoms. The molecule has 0 bridgehead atoms. The van der Waals surface area contributed by atoms with Crippen molar-refractivity contribution in [3.8, 4) is 22.3 Å². The first-order valence-corrected chi connectivity index (χ1v) is 23.5. The number of fused-ring (bicyclic) bond motifs is 2.